The normalized spacial score (nSPS) is 24.6. The van der Waals surface area contributed by atoms with Gasteiger partial charge in [0.05, 0.1) is 12.2 Å². The van der Waals surface area contributed by atoms with Gasteiger partial charge in [0.25, 0.3) is 0 Å². The number of alkyl halides is 1. The smallest absolute Gasteiger partial charge is 0.335 e. The molecule has 1 aromatic rings. The van der Waals surface area contributed by atoms with Crippen molar-refractivity contribution in [3.05, 3.63) is 35.4 Å². The van der Waals surface area contributed by atoms with Gasteiger partial charge in [0, 0.05) is 0 Å². The molecule has 3 heteroatoms. The van der Waals surface area contributed by atoms with Gasteiger partial charge in [-0.2, -0.15) is 0 Å². The first-order valence-electron chi connectivity index (χ1n) is 5.12. The van der Waals surface area contributed by atoms with E-state index in [0.717, 1.165) is 18.4 Å². The largest absolute Gasteiger partial charge is 0.478 e. The van der Waals surface area contributed by atoms with Crippen molar-refractivity contribution < 1.29 is 14.3 Å². The summed E-state index contributed by atoms with van der Waals surface area (Å²) in [7, 11) is 0. The van der Waals surface area contributed by atoms with Gasteiger partial charge in [0.15, 0.2) is 0 Å². The molecule has 2 unspecified atom stereocenters. The molecule has 0 aromatic heterocycles. The number of aromatic carboxylic acids is 1. The Morgan fingerprint density at radius 3 is 2.67 bits per heavy atom. The zero-order valence-electron chi connectivity index (χ0n) is 8.32. The summed E-state index contributed by atoms with van der Waals surface area (Å²) in [4.78, 5) is 11.0. The highest BCUT2D eigenvalue weighted by Crippen LogP contribution is 2.43. The zero-order chi connectivity index (χ0) is 10.8. The van der Waals surface area contributed by atoms with Crippen LogP contribution in [0.3, 0.4) is 0 Å². The van der Waals surface area contributed by atoms with Crippen LogP contribution in [0, 0.1) is 5.92 Å². The standard InChI is InChI=1S/C12H13FO2/c13-7-8-5-6-9(8)10-3-1-2-4-11(10)12(14)15/h1-4,8-9H,5-7H2,(H,14,15). The van der Waals surface area contributed by atoms with Gasteiger partial charge < -0.3 is 5.11 Å². The van der Waals surface area contributed by atoms with Gasteiger partial charge in [-0.25, -0.2) is 4.79 Å². The summed E-state index contributed by atoms with van der Waals surface area (Å²) < 4.78 is 12.6. The average Bonchev–Trinajstić information content (AvgIpc) is 2.17. The lowest BCUT2D eigenvalue weighted by atomic mass is 9.69. The van der Waals surface area contributed by atoms with Gasteiger partial charge in [0.1, 0.15) is 0 Å². The van der Waals surface area contributed by atoms with Crippen molar-refractivity contribution >= 4 is 5.97 Å². The molecule has 0 heterocycles. The fourth-order valence-electron chi connectivity index (χ4n) is 2.18. The van der Waals surface area contributed by atoms with Crippen LogP contribution in [-0.4, -0.2) is 17.8 Å². The van der Waals surface area contributed by atoms with E-state index in [4.69, 9.17) is 5.11 Å². The van der Waals surface area contributed by atoms with E-state index in [1.807, 2.05) is 6.07 Å². The number of carboxylic acid groups (broad SMARTS) is 1. The third-order valence-electron chi connectivity index (χ3n) is 3.21. The van der Waals surface area contributed by atoms with Crippen molar-refractivity contribution in [1.82, 2.24) is 0 Å². The maximum absolute atomic E-state index is 12.6. The van der Waals surface area contributed by atoms with Gasteiger partial charge in [0.2, 0.25) is 0 Å². The zero-order valence-corrected chi connectivity index (χ0v) is 8.32. The Balaban J connectivity index is 2.31. The second kappa shape index (κ2) is 4.01. The predicted octanol–water partition coefficient (Wildman–Crippen LogP) is 2.85. The molecule has 1 aliphatic rings. The fourth-order valence-corrected chi connectivity index (χ4v) is 2.18. The molecule has 0 bridgehead atoms. The Morgan fingerprint density at radius 1 is 1.40 bits per heavy atom. The van der Waals surface area contributed by atoms with Crippen LogP contribution in [0.15, 0.2) is 24.3 Å². The van der Waals surface area contributed by atoms with Crippen molar-refractivity contribution in [2.24, 2.45) is 5.92 Å². The molecule has 2 nitrogen and oxygen atoms in total. The summed E-state index contributed by atoms with van der Waals surface area (Å²) in [5.41, 5.74) is 1.11. The van der Waals surface area contributed by atoms with E-state index < -0.39 is 5.97 Å². The SMILES string of the molecule is O=C(O)c1ccccc1C1CCC1CF. The Labute approximate surface area is 87.7 Å². The van der Waals surface area contributed by atoms with E-state index in [2.05, 4.69) is 0 Å². The Morgan fingerprint density at radius 2 is 2.13 bits per heavy atom. The van der Waals surface area contributed by atoms with E-state index in [0.29, 0.717) is 5.56 Å². The van der Waals surface area contributed by atoms with Crippen molar-refractivity contribution in [1.29, 1.82) is 0 Å². The number of hydrogen-bond donors (Lipinski definition) is 1. The summed E-state index contributed by atoms with van der Waals surface area (Å²) in [6, 6.07) is 6.91. The molecule has 1 aliphatic carbocycles. The monoisotopic (exact) mass is 208 g/mol. The first-order valence-corrected chi connectivity index (χ1v) is 5.12. The van der Waals surface area contributed by atoms with E-state index >= 15 is 0 Å². The average molecular weight is 208 g/mol. The number of halogens is 1. The van der Waals surface area contributed by atoms with Crippen LogP contribution in [0.4, 0.5) is 4.39 Å². The van der Waals surface area contributed by atoms with E-state index in [1.165, 1.54) is 0 Å². The summed E-state index contributed by atoms with van der Waals surface area (Å²) >= 11 is 0. The lowest BCUT2D eigenvalue weighted by Crippen LogP contribution is -2.27. The topological polar surface area (TPSA) is 37.3 Å². The van der Waals surface area contributed by atoms with Crippen molar-refractivity contribution in [2.75, 3.05) is 6.67 Å². The highest BCUT2D eigenvalue weighted by molar-refractivity contribution is 5.89. The quantitative estimate of drug-likeness (QED) is 0.829. The first-order chi connectivity index (χ1) is 7.24. The number of rotatable bonds is 3. The van der Waals surface area contributed by atoms with Gasteiger partial charge in [-0.3, -0.25) is 4.39 Å². The fraction of sp³-hybridized carbons (Fsp3) is 0.417. The predicted molar refractivity (Wildman–Crippen MR) is 54.8 cm³/mol. The van der Waals surface area contributed by atoms with Gasteiger partial charge >= 0.3 is 5.97 Å². The van der Waals surface area contributed by atoms with Crippen LogP contribution < -0.4 is 0 Å². The molecule has 2 atom stereocenters. The minimum absolute atomic E-state index is 0.0190. The van der Waals surface area contributed by atoms with Gasteiger partial charge in [-0.05, 0) is 36.3 Å². The molecule has 0 aliphatic heterocycles. The highest BCUT2D eigenvalue weighted by Gasteiger charge is 2.34. The van der Waals surface area contributed by atoms with Crippen LogP contribution >= 0.6 is 0 Å². The third kappa shape index (κ3) is 1.74. The minimum Gasteiger partial charge on any atom is -0.478 e. The van der Waals surface area contributed by atoms with Crippen LogP contribution in [0.5, 0.6) is 0 Å². The van der Waals surface area contributed by atoms with Crippen LogP contribution in [-0.2, 0) is 0 Å². The number of carbonyl (C=O) groups is 1. The van der Waals surface area contributed by atoms with Crippen LogP contribution in [0.25, 0.3) is 0 Å². The van der Waals surface area contributed by atoms with Gasteiger partial charge in [-0.15, -0.1) is 0 Å². The molecule has 1 aromatic carbocycles. The van der Waals surface area contributed by atoms with Crippen molar-refractivity contribution in [2.45, 2.75) is 18.8 Å². The molecule has 0 radical (unpaired) electrons. The molecule has 0 spiro atoms. The Hall–Kier alpha value is -1.38. The molecular weight excluding hydrogens is 195 g/mol. The maximum Gasteiger partial charge on any atom is 0.335 e. The molecule has 0 amide bonds. The maximum atomic E-state index is 12.6. The van der Waals surface area contributed by atoms with Crippen molar-refractivity contribution in [3.8, 4) is 0 Å². The Bertz CT molecular complexity index is 374. The van der Waals surface area contributed by atoms with Gasteiger partial charge in [-0.1, -0.05) is 18.2 Å². The Kier molecular flexibility index (Phi) is 2.71. The molecule has 1 fully saturated rings. The number of hydrogen-bond acceptors (Lipinski definition) is 1. The second-order valence-corrected chi connectivity index (χ2v) is 3.99. The second-order valence-electron chi connectivity index (χ2n) is 3.99. The number of carboxylic acids is 1. The van der Waals surface area contributed by atoms with E-state index in [-0.39, 0.29) is 18.5 Å². The molecule has 0 saturated heterocycles. The molecule has 15 heavy (non-hydrogen) atoms. The lowest BCUT2D eigenvalue weighted by molar-refractivity contribution is 0.0692. The molecule has 80 valence electrons. The highest BCUT2D eigenvalue weighted by atomic mass is 19.1. The summed E-state index contributed by atoms with van der Waals surface area (Å²) in [5.74, 6) is -0.803. The summed E-state index contributed by atoms with van der Waals surface area (Å²) in [5, 5.41) is 9.00. The van der Waals surface area contributed by atoms with Crippen LogP contribution in [0.2, 0.25) is 0 Å². The lowest BCUT2D eigenvalue weighted by Gasteiger charge is -2.35. The van der Waals surface area contributed by atoms with Crippen molar-refractivity contribution in [3.63, 3.8) is 0 Å². The van der Waals surface area contributed by atoms with E-state index in [1.54, 1.807) is 18.2 Å². The summed E-state index contributed by atoms with van der Waals surface area (Å²) in [6.07, 6.45) is 1.77. The number of benzene rings is 1. The molecular formula is C12H13FO2. The third-order valence-corrected chi connectivity index (χ3v) is 3.21. The van der Waals surface area contributed by atoms with E-state index in [9.17, 15) is 9.18 Å². The van der Waals surface area contributed by atoms with Crippen LogP contribution in [0.1, 0.15) is 34.7 Å². The first kappa shape index (κ1) is 10.1. The molecule has 1 N–H and O–H groups in total. The summed E-state index contributed by atoms with van der Waals surface area (Å²) in [6.45, 7) is -0.349. The minimum atomic E-state index is -0.921. The molecule has 1 saturated carbocycles. The molecule has 2 rings (SSSR count).